The zero-order valence-corrected chi connectivity index (χ0v) is 10.8. The first kappa shape index (κ1) is 13.6. The molecule has 4 heteroatoms. The summed E-state index contributed by atoms with van der Waals surface area (Å²) in [6.07, 6.45) is 0. The predicted octanol–water partition coefficient (Wildman–Crippen LogP) is 1.73. The second-order valence-corrected chi connectivity index (χ2v) is 4.45. The minimum Gasteiger partial charge on any atom is -0.347 e. The fourth-order valence-electron chi connectivity index (χ4n) is 1.62. The van der Waals surface area contributed by atoms with Crippen molar-refractivity contribution in [3.63, 3.8) is 0 Å². The third kappa shape index (κ3) is 3.82. The highest BCUT2D eigenvalue weighted by atomic mass is 19.1. The van der Waals surface area contributed by atoms with Crippen LogP contribution in [0.1, 0.15) is 12.5 Å². The Bertz CT molecular complexity index is 393. The van der Waals surface area contributed by atoms with E-state index in [1.807, 2.05) is 24.9 Å². The molecule has 0 aliphatic heterocycles. The Labute approximate surface area is 102 Å². The lowest BCUT2D eigenvalue weighted by Gasteiger charge is -2.26. The lowest BCUT2D eigenvalue weighted by molar-refractivity contribution is -0.133. The minimum absolute atomic E-state index is 0.0453. The molecular weight excluding hydrogens is 219 g/mol. The molecule has 0 saturated heterocycles. The van der Waals surface area contributed by atoms with Crippen molar-refractivity contribution in [2.24, 2.45) is 0 Å². The molecule has 1 aromatic rings. The number of rotatable bonds is 4. The fourth-order valence-corrected chi connectivity index (χ4v) is 1.62. The normalized spacial score (nSPS) is 12.6. The Balaban J connectivity index is 2.66. The van der Waals surface area contributed by atoms with Gasteiger partial charge in [-0.1, -0.05) is 12.1 Å². The highest BCUT2D eigenvalue weighted by Gasteiger charge is 2.19. The number of amides is 1. The Kier molecular flexibility index (Phi) is 4.63. The van der Waals surface area contributed by atoms with E-state index in [1.54, 1.807) is 25.1 Å². The summed E-state index contributed by atoms with van der Waals surface area (Å²) in [6.45, 7) is 2.40. The van der Waals surface area contributed by atoms with E-state index in [2.05, 4.69) is 0 Å². The van der Waals surface area contributed by atoms with Gasteiger partial charge in [0.05, 0.1) is 6.04 Å². The molecule has 0 aliphatic carbocycles. The molecule has 94 valence electrons. The van der Waals surface area contributed by atoms with Gasteiger partial charge in [0.1, 0.15) is 5.82 Å². The topological polar surface area (TPSA) is 23.6 Å². The van der Waals surface area contributed by atoms with Crippen LogP contribution in [0.4, 0.5) is 4.39 Å². The lowest BCUT2D eigenvalue weighted by Crippen LogP contribution is -2.42. The molecule has 0 saturated carbocycles. The first-order valence-corrected chi connectivity index (χ1v) is 5.57. The molecule has 0 radical (unpaired) electrons. The summed E-state index contributed by atoms with van der Waals surface area (Å²) in [5.41, 5.74) is 0.867. The van der Waals surface area contributed by atoms with Crippen LogP contribution in [0.15, 0.2) is 24.3 Å². The van der Waals surface area contributed by atoms with Gasteiger partial charge in [-0.25, -0.2) is 4.39 Å². The van der Waals surface area contributed by atoms with Crippen LogP contribution in [0.2, 0.25) is 0 Å². The van der Waals surface area contributed by atoms with Crippen molar-refractivity contribution in [3.8, 4) is 0 Å². The standard InChI is InChI=1S/C13H19FN2O/c1-10(13(17)15(2)3)16(4)9-11-6-5-7-12(14)8-11/h5-8,10H,9H2,1-4H3. The van der Waals surface area contributed by atoms with Crippen LogP contribution in [0, 0.1) is 5.82 Å². The number of likely N-dealkylation sites (N-methyl/N-ethyl adjacent to an activating group) is 2. The summed E-state index contributed by atoms with van der Waals surface area (Å²) < 4.78 is 13.0. The number of hydrogen-bond acceptors (Lipinski definition) is 2. The van der Waals surface area contributed by atoms with E-state index in [4.69, 9.17) is 0 Å². The van der Waals surface area contributed by atoms with Gasteiger partial charge in [0, 0.05) is 20.6 Å². The Hall–Kier alpha value is -1.42. The average molecular weight is 238 g/mol. The van der Waals surface area contributed by atoms with Gasteiger partial charge in [-0.3, -0.25) is 9.69 Å². The predicted molar refractivity (Wildman–Crippen MR) is 66.0 cm³/mol. The maximum Gasteiger partial charge on any atom is 0.239 e. The van der Waals surface area contributed by atoms with E-state index in [-0.39, 0.29) is 17.8 Å². The van der Waals surface area contributed by atoms with Gasteiger partial charge in [0.15, 0.2) is 0 Å². The van der Waals surface area contributed by atoms with E-state index in [0.29, 0.717) is 6.54 Å². The molecule has 1 amide bonds. The number of nitrogens with zero attached hydrogens (tertiary/aromatic N) is 2. The molecule has 3 nitrogen and oxygen atoms in total. The van der Waals surface area contributed by atoms with Crippen LogP contribution in [0.25, 0.3) is 0 Å². The second kappa shape index (κ2) is 5.77. The average Bonchev–Trinajstić information content (AvgIpc) is 2.26. The van der Waals surface area contributed by atoms with Crippen molar-refractivity contribution in [2.45, 2.75) is 19.5 Å². The SMILES string of the molecule is CC(C(=O)N(C)C)N(C)Cc1cccc(F)c1. The fraction of sp³-hybridized carbons (Fsp3) is 0.462. The maximum absolute atomic E-state index is 13.0. The van der Waals surface area contributed by atoms with Gasteiger partial charge in [-0.15, -0.1) is 0 Å². The quantitative estimate of drug-likeness (QED) is 0.797. The van der Waals surface area contributed by atoms with E-state index in [0.717, 1.165) is 5.56 Å². The van der Waals surface area contributed by atoms with Crippen molar-refractivity contribution >= 4 is 5.91 Å². The van der Waals surface area contributed by atoms with Crippen LogP contribution in [-0.2, 0) is 11.3 Å². The van der Waals surface area contributed by atoms with Crippen LogP contribution >= 0.6 is 0 Å². The summed E-state index contributed by atoms with van der Waals surface area (Å²) in [7, 11) is 5.32. The third-order valence-electron chi connectivity index (χ3n) is 2.78. The van der Waals surface area contributed by atoms with Crippen LogP contribution in [0.3, 0.4) is 0 Å². The monoisotopic (exact) mass is 238 g/mol. The van der Waals surface area contributed by atoms with Crippen LogP contribution in [0.5, 0.6) is 0 Å². The molecule has 0 spiro atoms. The lowest BCUT2D eigenvalue weighted by atomic mass is 10.2. The van der Waals surface area contributed by atoms with Gasteiger partial charge in [-0.05, 0) is 31.7 Å². The zero-order chi connectivity index (χ0) is 13.0. The summed E-state index contributed by atoms with van der Waals surface area (Å²) in [5.74, 6) is -0.202. The molecule has 0 aliphatic rings. The maximum atomic E-state index is 13.0. The van der Waals surface area contributed by atoms with Crippen molar-refractivity contribution in [3.05, 3.63) is 35.6 Å². The van der Waals surface area contributed by atoms with Gasteiger partial charge in [-0.2, -0.15) is 0 Å². The largest absolute Gasteiger partial charge is 0.347 e. The van der Waals surface area contributed by atoms with Crippen LogP contribution in [-0.4, -0.2) is 42.9 Å². The van der Waals surface area contributed by atoms with Crippen molar-refractivity contribution in [1.82, 2.24) is 9.80 Å². The van der Waals surface area contributed by atoms with E-state index >= 15 is 0 Å². The van der Waals surface area contributed by atoms with Crippen molar-refractivity contribution < 1.29 is 9.18 Å². The molecule has 17 heavy (non-hydrogen) atoms. The molecule has 1 rings (SSSR count). The van der Waals surface area contributed by atoms with E-state index < -0.39 is 0 Å². The highest BCUT2D eigenvalue weighted by molar-refractivity contribution is 5.80. The Morgan fingerprint density at radius 3 is 2.53 bits per heavy atom. The third-order valence-corrected chi connectivity index (χ3v) is 2.78. The zero-order valence-electron chi connectivity index (χ0n) is 10.8. The number of carbonyl (C=O) groups excluding carboxylic acids is 1. The molecule has 1 unspecified atom stereocenters. The minimum atomic E-state index is -0.248. The molecule has 1 aromatic carbocycles. The van der Waals surface area contributed by atoms with Crippen LogP contribution < -0.4 is 0 Å². The molecule has 1 atom stereocenters. The molecule has 0 N–H and O–H groups in total. The Morgan fingerprint density at radius 1 is 1.35 bits per heavy atom. The summed E-state index contributed by atoms with van der Waals surface area (Å²) in [6, 6.07) is 6.22. The molecule has 0 aromatic heterocycles. The smallest absolute Gasteiger partial charge is 0.239 e. The van der Waals surface area contributed by atoms with E-state index in [1.165, 1.54) is 12.1 Å². The number of carbonyl (C=O) groups is 1. The van der Waals surface area contributed by atoms with Gasteiger partial charge in [0.2, 0.25) is 5.91 Å². The molecule has 0 heterocycles. The van der Waals surface area contributed by atoms with Gasteiger partial charge >= 0.3 is 0 Å². The summed E-state index contributed by atoms with van der Waals surface area (Å²) >= 11 is 0. The van der Waals surface area contributed by atoms with Gasteiger partial charge in [0.25, 0.3) is 0 Å². The summed E-state index contributed by atoms with van der Waals surface area (Å²) in [4.78, 5) is 15.2. The van der Waals surface area contributed by atoms with E-state index in [9.17, 15) is 9.18 Å². The van der Waals surface area contributed by atoms with Crippen molar-refractivity contribution in [1.29, 1.82) is 0 Å². The number of halogens is 1. The first-order chi connectivity index (χ1) is 7.91. The molecule has 0 bridgehead atoms. The second-order valence-electron chi connectivity index (χ2n) is 4.45. The number of benzene rings is 1. The first-order valence-electron chi connectivity index (χ1n) is 5.57. The van der Waals surface area contributed by atoms with Crippen molar-refractivity contribution in [2.75, 3.05) is 21.1 Å². The van der Waals surface area contributed by atoms with Gasteiger partial charge < -0.3 is 4.90 Å². The summed E-state index contributed by atoms with van der Waals surface area (Å²) in [5, 5.41) is 0. The molecular formula is C13H19FN2O. The molecule has 0 fully saturated rings. The number of hydrogen-bond donors (Lipinski definition) is 0. The highest BCUT2D eigenvalue weighted by Crippen LogP contribution is 2.09. The Morgan fingerprint density at radius 2 is 2.00 bits per heavy atom.